The zero-order valence-corrected chi connectivity index (χ0v) is 11.3. The van der Waals surface area contributed by atoms with Gasteiger partial charge in [-0.25, -0.2) is 0 Å². The summed E-state index contributed by atoms with van der Waals surface area (Å²) in [6.07, 6.45) is 0. The molecule has 0 fully saturated rings. The van der Waals surface area contributed by atoms with E-state index in [1.807, 2.05) is 6.92 Å². The third kappa shape index (κ3) is 3.81. The second kappa shape index (κ2) is 6.89. The highest BCUT2D eigenvalue weighted by Crippen LogP contribution is 2.16. The highest BCUT2D eigenvalue weighted by Gasteiger charge is 2.07. The topological polar surface area (TPSA) is 127 Å². The SMILES string of the molecule is CCNC(=O)c1ccc(N/N=C(\C#N)C(=N)N)c(C)c1. The lowest BCUT2D eigenvalue weighted by Gasteiger charge is -2.08. The number of carbonyl (C=O) groups excluding carboxylic acids is 1. The molecule has 0 saturated heterocycles. The van der Waals surface area contributed by atoms with Crippen molar-refractivity contribution >= 4 is 23.1 Å². The number of anilines is 1. The minimum atomic E-state index is -0.406. The molecule has 1 rings (SSSR count). The third-order valence-corrected chi connectivity index (χ3v) is 2.48. The maximum absolute atomic E-state index is 11.7. The summed E-state index contributed by atoms with van der Waals surface area (Å²) >= 11 is 0. The molecule has 7 nitrogen and oxygen atoms in total. The van der Waals surface area contributed by atoms with Crippen molar-refractivity contribution in [1.82, 2.24) is 5.32 Å². The summed E-state index contributed by atoms with van der Waals surface area (Å²) in [6, 6.07) is 6.75. The van der Waals surface area contributed by atoms with Crippen LogP contribution in [0.25, 0.3) is 0 Å². The number of amidine groups is 1. The highest BCUT2D eigenvalue weighted by molar-refractivity contribution is 6.45. The van der Waals surface area contributed by atoms with E-state index < -0.39 is 5.84 Å². The number of nitrogens with zero attached hydrogens (tertiary/aromatic N) is 2. The van der Waals surface area contributed by atoms with Crippen molar-refractivity contribution in [2.24, 2.45) is 10.8 Å². The molecule has 1 aromatic carbocycles. The van der Waals surface area contributed by atoms with Crippen LogP contribution in [-0.2, 0) is 0 Å². The van der Waals surface area contributed by atoms with Crippen molar-refractivity contribution in [3.8, 4) is 6.07 Å². The van der Waals surface area contributed by atoms with Gasteiger partial charge in [-0.2, -0.15) is 10.4 Å². The van der Waals surface area contributed by atoms with Crippen molar-refractivity contribution in [1.29, 1.82) is 10.7 Å². The molecule has 0 aliphatic carbocycles. The molecule has 1 aromatic rings. The van der Waals surface area contributed by atoms with Gasteiger partial charge in [-0.15, -0.1) is 0 Å². The fourth-order valence-corrected chi connectivity index (χ4v) is 1.45. The number of aryl methyl sites for hydroxylation is 1. The quantitative estimate of drug-likeness (QED) is 0.362. The molecule has 0 atom stereocenters. The first kappa shape index (κ1) is 15.2. The highest BCUT2D eigenvalue weighted by atomic mass is 16.1. The first-order chi connectivity index (χ1) is 9.49. The van der Waals surface area contributed by atoms with Crippen LogP contribution in [0.5, 0.6) is 0 Å². The molecule has 104 valence electrons. The minimum Gasteiger partial charge on any atom is -0.382 e. The van der Waals surface area contributed by atoms with Crippen LogP contribution in [0.1, 0.15) is 22.8 Å². The molecule has 20 heavy (non-hydrogen) atoms. The van der Waals surface area contributed by atoms with Crippen LogP contribution in [0.4, 0.5) is 5.69 Å². The largest absolute Gasteiger partial charge is 0.382 e. The van der Waals surface area contributed by atoms with Crippen LogP contribution < -0.4 is 16.5 Å². The molecule has 0 heterocycles. The van der Waals surface area contributed by atoms with E-state index in [0.29, 0.717) is 17.8 Å². The Balaban J connectivity index is 2.92. The average molecular weight is 272 g/mol. The lowest BCUT2D eigenvalue weighted by molar-refractivity contribution is 0.0956. The number of benzene rings is 1. The van der Waals surface area contributed by atoms with Crippen molar-refractivity contribution in [3.63, 3.8) is 0 Å². The zero-order valence-electron chi connectivity index (χ0n) is 11.3. The summed E-state index contributed by atoms with van der Waals surface area (Å²) in [5.74, 6) is -0.552. The van der Waals surface area contributed by atoms with Crippen molar-refractivity contribution in [2.45, 2.75) is 13.8 Å². The first-order valence-electron chi connectivity index (χ1n) is 5.96. The Hall–Kier alpha value is -2.88. The van der Waals surface area contributed by atoms with E-state index in [-0.39, 0.29) is 11.6 Å². The van der Waals surface area contributed by atoms with E-state index in [4.69, 9.17) is 16.4 Å². The van der Waals surface area contributed by atoms with E-state index in [1.165, 1.54) is 0 Å². The second-order valence-corrected chi connectivity index (χ2v) is 3.99. The number of nitrogens with two attached hydrogens (primary N) is 1. The van der Waals surface area contributed by atoms with Crippen LogP contribution >= 0.6 is 0 Å². The summed E-state index contributed by atoms with van der Waals surface area (Å²) in [5.41, 5.74) is 9.61. The van der Waals surface area contributed by atoms with E-state index in [0.717, 1.165) is 5.56 Å². The van der Waals surface area contributed by atoms with Gasteiger partial charge in [0.25, 0.3) is 5.91 Å². The van der Waals surface area contributed by atoms with Crippen LogP contribution in [0.3, 0.4) is 0 Å². The van der Waals surface area contributed by atoms with Crippen LogP contribution in [-0.4, -0.2) is 24.0 Å². The van der Waals surface area contributed by atoms with E-state index >= 15 is 0 Å². The van der Waals surface area contributed by atoms with Gasteiger partial charge in [0.15, 0.2) is 5.84 Å². The summed E-state index contributed by atoms with van der Waals surface area (Å²) < 4.78 is 0. The Bertz CT molecular complexity index is 599. The van der Waals surface area contributed by atoms with Gasteiger partial charge in [0, 0.05) is 12.1 Å². The number of hydrogen-bond donors (Lipinski definition) is 4. The van der Waals surface area contributed by atoms with Crippen LogP contribution in [0, 0.1) is 23.7 Å². The Labute approximate surface area is 117 Å². The Kier molecular flexibility index (Phi) is 5.23. The van der Waals surface area contributed by atoms with Gasteiger partial charge < -0.3 is 11.1 Å². The number of nitriles is 1. The number of nitrogens with one attached hydrogen (secondary N) is 3. The number of hydrogen-bond acceptors (Lipinski definition) is 5. The molecular formula is C13H16N6O. The van der Waals surface area contributed by atoms with Crippen molar-refractivity contribution < 1.29 is 4.79 Å². The molecule has 0 unspecified atom stereocenters. The van der Waals surface area contributed by atoms with E-state index in [1.54, 1.807) is 31.2 Å². The number of carbonyl (C=O) groups is 1. The molecule has 0 saturated carbocycles. The summed E-state index contributed by atoms with van der Waals surface area (Å²) in [6.45, 7) is 4.22. The summed E-state index contributed by atoms with van der Waals surface area (Å²) in [7, 11) is 0. The number of amides is 1. The molecule has 0 spiro atoms. The molecule has 0 radical (unpaired) electrons. The Morgan fingerprint density at radius 2 is 2.25 bits per heavy atom. The maximum atomic E-state index is 11.7. The van der Waals surface area contributed by atoms with Crippen molar-refractivity contribution in [2.75, 3.05) is 12.0 Å². The van der Waals surface area contributed by atoms with Crippen molar-refractivity contribution in [3.05, 3.63) is 29.3 Å². The first-order valence-corrected chi connectivity index (χ1v) is 5.96. The summed E-state index contributed by atoms with van der Waals surface area (Å²) in [5, 5.41) is 22.3. The molecule has 0 bridgehead atoms. The minimum absolute atomic E-state index is 0.146. The smallest absolute Gasteiger partial charge is 0.251 e. The number of hydrazone groups is 1. The predicted molar refractivity (Wildman–Crippen MR) is 77.8 cm³/mol. The molecule has 0 aliphatic rings. The van der Waals surface area contributed by atoms with Crippen LogP contribution in [0.15, 0.2) is 23.3 Å². The van der Waals surface area contributed by atoms with Crippen LogP contribution in [0.2, 0.25) is 0 Å². The number of rotatable bonds is 5. The second-order valence-electron chi connectivity index (χ2n) is 3.99. The van der Waals surface area contributed by atoms with Gasteiger partial charge in [0.05, 0.1) is 5.69 Å². The fraction of sp³-hybridized carbons (Fsp3) is 0.231. The molecule has 7 heteroatoms. The molecule has 5 N–H and O–H groups in total. The van der Waals surface area contributed by atoms with Gasteiger partial charge in [-0.05, 0) is 37.6 Å². The van der Waals surface area contributed by atoms with E-state index in [9.17, 15) is 4.79 Å². The van der Waals surface area contributed by atoms with E-state index in [2.05, 4.69) is 15.8 Å². The van der Waals surface area contributed by atoms with Gasteiger partial charge >= 0.3 is 0 Å². The Morgan fingerprint density at radius 1 is 1.55 bits per heavy atom. The Morgan fingerprint density at radius 3 is 2.75 bits per heavy atom. The van der Waals surface area contributed by atoms with Gasteiger partial charge in [0.2, 0.25) is 5.71 Å². The van der Waals surface area contributed by atoms with Gasteiger partial charge in [-0.1, -0.05) is 0 Å². The lowest BCUT2D eigenvalue weighted by Crippen LogP contribution is -2.23. The maximum Gasteiger partial charge on any atom is 0.251 e. The monoisotopic (exact) mass is 272 g/mol. The fourth-order valence-electron chi connectivity index (χ4n) is 1.45. The summed E-state index contributed by atoms with van der Waals surface area (Å²) in [4.78, 5) is 11.7. The van der Waals surface area contributed by atoms with Gasteiger partial charge in [-0.3, -0.25) is 15.6 Å². The normalized spacial score (nSPS) is 10.6. The third-order valence-electron chi connectivity index (χ3n) is 2.48. The molecule has 0 aliphatic heterocycles. The lowest BCUT2D eigenvalue weighted by atomic mass is 10.1. The average Bonchev–Trinajstić information content (AvgIpc) is 2.40. The predicted octanol–water partition coefficient (Wildman–Crippen LogP) is 0.972. The molecule has 1 amide bonds. The standard InChI is InChI=1S/C13H16N6O/c1-3-17-13(20)9-4-5-10(8(2)6-9)18-19-11(7-14)12(15)16/h4-6,18H,3H2,1-2H3,(H3,15,16)(H,17,20)/b19-11+. The van der Waals surface area contributed by atoms with Gasteiger partial charge in [0.1, 0.15) is 6.07 Å². The molecular weight excluding hydrogens is 256 g/mol. The zero-order chi connectivity index (χ0) is 15.1. The molecule has 0 aromatic heterocycles.